The van der Waals surface area contributed by atoms with Crippen LogP contribution in [0.25, 0.3) is 0 Å². The maximum absolute atomic E-state index is 6.40. The molecular weight excluding hydrogens is 350 g/mol. The second kappa shape index (κ2) is 6.42. The summed E-state index contributed by atoms with van der Waals surface area (Å²) < 4.78 is 10.4. The van der Waals surface area contributed by atoms with Gasteiger partial charge in [0.05, 0.1) is 17.7 Å². The molecule has 0 bridgehead atoms. The van der Waals surface area contributed by atoms with Crippen LogP contribution in [-0.2, 0) is 11.8 Å². The predicted octanol–water partition coefficient (Wildman–Crippen LogP) is 3.85. The van der Waals surface area contributed by atoms with Crippen molar-refractivity contribution in [2.45, 2.75) is 38.6 Å². The highest BCUT2D eigenvalue weighted by atomic mass is 79.9. The summed E-state index contributed by atoms with van der Waals surface area (Å²) in [5, 5.41) is 4.26. The maximum Gasteiger partial charge on any atom is 0.119 e. The zero-order valence-corrected chi connectivity index (χ0v) is 15.1. The minimum atomic E-state index is -0.123. The molecule has 1 aromatic carbocycles. The van der Waals surface area contributed by atoms with Gasteiger partial charge in [0, 0.05) is 15.9 Å². The van der Waals surface area contributed by atoms with Crippen LogP contribution in [0.2, 0.25) is 0 Å². The van der Waals surface area contributed by atoms with Gasteiger partial charge in [0.25, 0.3) is 0 Å². The van der Waals surface area contributed by atoms with Crippen LogP contribution in [-0.4, -0.2) is 16.7 Å². The second-order valence-electron chi connectivity index (χ2n) is 6.00. The topological polar surface area (TPSA) is 61.0 Å². The standard InChI is InChI=1S/C15H20BrN3OS/c1-15(2,3)14-13(21-19-18-14)12(17)8-9-7-10(20-4)5-6-11(9)16/h5-7,12H,8,17H2,1-4H3. The molecule has 0 aliphatic carbocycles. The number of aromatic nitrogens is 2. The first-order valence-electron chi connectivity index (χ1n) is 6.73. The zero-order chi connectivity index (χ0) is 15.6. The molecule has 21 heavy (non-hydrogen) atoms. The van der Waals surface area contributed by atoms with E-state index in [9.17, 15) is 0 Å². The van der Waals surface area contributed by atoms with Crippen molar-refractivity contribution in [3.05, 3.63) is 38.8 Å². The molecule has 0 spiro atoms. The highest BCUT2D eigenvalue weighted by molar-refractivity contribution is 9.10. The molecule has 6 heteroatoms. The number of hydrogen-bond donors (Lipinski definition) is 1. The number of hydrogen-bond acceptors (Lipinski definition) is 5. The van der Waals surface area contributed by atoms with Crippen LogP contribution in [0.5, 0.6) is 5.75 Å². The fourth-order valence-electron chi connectivity index (χ4n) is 2.12. The normalized spacial score (nSPS) is 13.2. The van der Waals surface area contributed by atoms with Gasteiger partial charge in [-0.05, 0) is 41.7 Å². The fourth-order valence-corrected chi connectivity index (χ4v) is 3.40. The molecule has 1 atom stereocenters. The van der Waals surface area contributed by atoms with E-state index in [4.69, 9.17) is 10.5 Å². The van der Waals surface area contributed by atoms with Gasteiger partial charge in [-0.3, -0.25) is 0 Å². The van der Waals surface area contributed by atoms with Crippen molar-refractivity contribution in [2.24, 2.45) is 5.73 Å². The van der Waals surface area contributed by atoms with E-state index in [1.165, 1.54) is 11.5 Å². The molecule has 0 saturated heterocycles. The summed E-state index contributed by atoms with van der Waals surface area (Å²) in [5.41, 5.74) is 8.45. The zero-order valence-electron chi connectivity index (χ0n) is 12.7. The Labute approximate surface area is 138 Å². The van der Waals surface area contributed by atoms with E-state index >= 15 is 0 Å². The summed E-state index contributed by atoms with van der Waals surface area (Å²) in [4.78, 5) is 1.05. The smallest absolute Gasteiger partial charge is 0.119 e. The SMILES string of the molecule is COc1ccc(Br)c(CC(N)c2snnc2C(C)(C)C)c1. The molecular formula is C15H20BrN3OS. The van der Waals surface area contributed by atoms with E-state index in [0.29, 0.717) is 6.42 Å². The van der Waals surface area contributed by atoms with Crippen LogP contribution >= 0.6 is 27.5 Å². The quantitative estimate of drug-likeness (QED) is 0.888. The van der Waals surface area contributed by atoms with E-state index in [1.807, 2.05) is 18.2 Å². The first-order chi connectivity index (χ1) is 9.82. The second-order valence-corrected chi connectivity index (χ2v) is 7.64. The summed E-state index contributed by atoms with van der Waals surface area (Å²) in [6.07, 6.45) is 0.713. The van der Waals surface area contributed by atoms with Crippen LogP contribution in [0.1, 0.15) is 42.9 Å². The summed E-state index contributed by atoms with van der Waals surface area (Å²) in [6.45, 7) is 6.38. The molecule has 2 N–H and O–H groups in total. The number of nitrogens with two attached hydrogens (primary N) is 1. The lowest BCUT2D eigenvalue weighted by Gasteiger charge is -2.20. The van der Waals surface area contributed by atoms with Crippen LogP contribution in [0.3, 0.4) is 0 Å². The molecule has 2 rings (SSSR count). The molecule has 0 saturated carbocycles. The van der Waals surface area contributed by atoms with Gasteiger partial charge < -0.3 is 10.5 Å². The lowest BCUT2D eigenvalue weighted by molar-refractivity contribution is 0.414. The molecule has 1 heterocycles. The van der Waals surface area contributed by atoms with Gasteiger partial charge in [0.2, 0.25) is 0 Å². The van der Waals surface area contributed by atoms with Crippen LogP contribution in [0.4, 0.5) is 0 Å². The van der Waals surface area contributed by atoms with Crippen LogP contribution in [0, 0.1) is 0 Å². The average Bonchev–Trinajstić information content (AvgIpc) is 2.90. The molecule has 2 aromatic rings. The lowest BCUT2D eigenvalue weighted by Crippen LogP contribution is -2.20. The van der Waals surface area contributed by atoms with Gasteiger partial charge in [0.1, 0.15) is 5.75 Å². The van der Waals surface area contributed by atoms with Crippen molar-refractivity contribution >= 4 is 27.5 Å². The number of nitrogens with zero attached hydrogens (tertiary/aromatic N) is 2. The third-order valence-corrected chi connectivity index (χ3v) is 4.88. The molecule has 0 aliphatic rings. The average molecular weight is 370 g/mol. The Balaban J connectivity index is 2.27. The summed E-state index contributed by atoms with van der Waals surface area (Å²) in [7, 11) is 1.66. The molecule has 114 valence electrons. The fraction of sp³-hybridized carbons (Fsp3) is 0.467. The van der Waals surface area contributed by atoms with E-state index in [2.05, 4.69) is 46.3 Å². The third-order valence-electron chi connectivity index (χ3n) is 3.25. The van der Waals surface area contributed by atoms with Crippen molar-refractivity contribution < 1.29 is 4.74 Å². The van der Waals surface area contributed by atoms with E-state index < -0.39 is 0 Å². The van der Waals surface area contributed by atoms with Crippen molar-refractivity contribution in [1.82, 2.24) is 9.59 Å². The van der Waals surface area contributed by atoms with Crippen molar-refractivity contribution in [3.63, 3.8) is 0 Å². The highest BCUT2D eigenvalue weighted by Crippen LogP contribution is 2.32. The van der Waals surface area contributed by atoms with Gasteiger partial charge in [-0.2, -0.15) is 0 Å². The molecule has 1 aromatic heterocycles. The number of methoxy groups -OCH3 is 1. The van der Waals surface area contributed by atoms with E-state index in [0.717, 1.165) is 26.4 Å². The van der Waals surface area contributed by atoms with Crippen LogP contribution < -0.4 is 10.5 Å². The first kappa shape index (κ1) is 16.4. The van der Waals surface area contributed by atoms with Gasteiger partial charge in [-0.1, -0.05) is 41.2 Å². The van der Waals surface area contributed by atoms with E-state index in [1.54, 1.807) is 7.11 Å². The Kier molecular flexibility index (Phi) is 5.01. The van der Waals surface area contributed by atoms with Crippen LogP contribution in [0.15, 0.2) is 22.7 Å². The van der Waals surface area contributed by atoms with Crippen molar-refractivity contribution in [3.8, 4) is 5.75 Å². The monoisotopic (exact) mass is 369 g/mol. The number of ether oxygens (including phenoxy) is 1. The van der Waals surface area contributed by atoms with Gasteiger partial charge in [0.15, 0.2) is 0 Å². The molecule has 0 aliphatic heterocycles. The Hall–Kier alpha value is -0.980. The molecule has 0 amide bonds. The minimum Gasteiger partial charge on any atom is -0.497 e. The van der Waals surface area contributed by atoms with Crippen molar-refractivity contribution in [1.29, 1.82) is 0 Å². The number of benzene rings is 1. The lowest BCUT2D eigenvalue weighted by atomic mass is 9.89. The molecule has 0 fully saturated rings. The van der Waals surface area contributed by atoms with Gasteiger partial charge in [-0.25, -0.2) is 0 Å². The Bertz CT molecular complexity index is 622. The first-order valence-corrected chi connectivity index (χ1v) is 8.30. The van der Waals surface area contributed by atoms with E-state index in [-0.39, 0.29) is 11.5 Å². The summed E-state index contributed by atoms with van der Waals surface area (Å²) in [5.74, 6) is 0.832. The molecule has 4 nitrogen and oxygen atoms in total. The Morgan fingerprint density at radius 2 is 2.10 bits per heavy atom. The molecule has 1 unspecified atom stereocenters. The third kappa shape index (κ3) is 3.81. The predicted molar refractivity (Wildman–Crippen MR) is 89.9 cm³/mol. The summed E-state index contributed by atoms with van der Waals surface area (Å²) in [6, 6.07) is 5.79. The van der Waals surface area contributed by atoms with Gasteiger partial charge >= 0.3 is 0 Å². The molecule has 0 radical (unpaired) electrons. The number of rotatable bonds is 4. The van der Waals surface area contributed by atoms with Crippen molar-refractivity contribution in [2.75, 3.05) is 7.11 Å². The highest BCUT2D eigenvalue weighted by Gasteiger charge is 2.26. The maximum atomic E-state index is 6.40. The summed E-state index contributed by atoms with van der Waals surface area (Å²) >= 11 is 4.96. The van der Waals surface area contributed by atoms with Gasteiger partial charge in [-0.15, -0.1) is 5.10 Å². The number of halogens is 1. The largest absolute Gasteiger partial charge is 0.497 e. The Morgan fingerprint density at radius 3 is 2.71 bits per heavy atom. The Morgan fingerprint density at radius 1 is 1.38 bits per heavy atom. The minimum absolute atomic E-state index is 0.0500.